The van der Waals surface area contributed by atoms with Gasteiger partial charge < -0.3 is 14.9 Å². The molecule has 1 aliphatic heterocycles. The zero-order chi connectivity index (χ0) is 15.9. The van der Waals surface area contributed by atoms with Crippen LogP contribution in [-0.2, 0) is 14.8 Å². The Morgan fingerprint density at radius 3 is 2.68 bits per heavy atom. The quantitative estimate of drug-likeness (QED) is 0.710. The van der Waals surface area contributed by atoms with Crippen LogP contribution in [0.1, 0.15) is 6.42 Å². The van der Waals surface area contributed by atoms with Crippen LogP contribution in [0.5, 0.6) is 0 Å². The standard InChI is InChI=1S/C13H16N4O4S/c1-17-7-8(4-12(17)18)6-14-22(20,21)9-2-3-10-11(5-9)16-13(19)15-10/h2-3,5,8,14H,4,6-7H2,1H3,(H2,15,16,19). The minimum absolute atomic E-state index is 0.0236. The van der Waals surface area contributed by atoms with E-state index < -0.39 is 10.0 Å². The second kappa shape index (κ2) is 5.25. The maximum atomic E-state index is 12.3. The number of rotatable bonds is 4. The lowest BCUT2D eigenvalue weighted by Crippen LogP contribution is -2.30. The van der Waals surface area contributed by atoms with Gasteiger partial charge in [0.1, 0.15) is 0 Å². The number of amides is 1. The Hall–Kier alpha value is -2.13. The molecule has 8 nitrogen and oxygen atoms in total. The van der Waals surface area contributed by atoms with Crippen LogP contribution in [0, 0.1) is 5.92 Å². The van der Waals surface area contributed by atoms with Crippen molar-refractivity contribution >= 4 is 27.0 Å². The number of likely N-dealkylation sites (tertiary alicyclic amines) is 1. The zero-order valence-corrected chi connectivity index (χ0v) is 12.7. The number of benzene rings is 1. The van der Waals surface area contributed by atoms with Gasteiger partial charge in [-0.05, 0) is 24.1 Å². The van der Waals surface area contributed by atoms with Crippen molar-refractivity contribution in [3.05, 3.63) is 28.7 Å². The molecule has 3 rings (SSSR count). The van der Waals surface area contributed by atoms with Gasteiger partial charge in [-0.1, -0.05) is 0 Å². The fraction of sp³-hybridized carbons (Fsp3) is 0.385. The molecule has 1 aromatic heterocycles. The monoisotopic (exact) mass is 324 g/mol. The summed E-state index contributed by atoms with van der Waals surface area (Å²) in [6.07, 6.45) is 0.350. The highest BCUT2D eigenvalue weighted by Gasteiger charge is 2.28. The molecule has 2 heterocycles. The Balaban J connectivity index is 1.76. The van der Waals surface area contributed by atoms with Crippen LogP contribution in [0.4, 0.5) is 0 Å². The predicted molar refractivity (Wildman–Crippen MR) is 79.9 cm³/mol. The summed E-state index contributed by atoms with van der Waals surface area (Å²) in [7, 11) is -1.98. The highest BCUT2D eigenvalue weighted by atomic mass is 32.2. The Labute approximate surface area is 126 Å². The van der Waals surface area contributed by atoms with E-state index in [4.69, 9.17) is 0 Å². The van der Waals surface area contributed by atoms with Gasteiger partial charge >= 0.3 is 5.69 Å². The van der Waals surface area contributed by atoms with Crippen molar-refractivity contribution in [3.8, 4) is 0 Å². The second-order valence-electron chi connectivity index (χ2n) is 5.48. The van der Waals surface area contributed by atoms with Gasteiger partial charge in [-0.3, -0.25) is 4.79 Å². The topological polar surface area (TPSA) is 115 Å². The average molecular weight is 324 g/mol. The minimum atomic E-state index is -3.68. The molecule has 1 atom stereocenters. The van der Waals surface area contributed by atoms with E-state index in [-0.39, 0.29) is 29.0 Å². The molecule has 3 N–H and O–H groups in total. The first kappa shape index (κ1) is 14.8. The van der Waals surface area contributed by atoms with E-state index in [0.29, 0.717) is 24.0 Å². The summed E-state index contributed by atoms with van der Waals surface area (Å²) in [5.74, 6) is -0.00131. The molecule has 1 fully saturated rings. The van der Waals surface area contributed by atoms with Crippen LogP contribution in [0.3, 0.4) is 0 Å². The summed E-state index contributed by atoms with van der Waals surface area (Å²) in [5.41, 5.74) is 0.598. The number of nitrogens with one attached hydrogen (secondary N) is 3. The third-order valence-electron chi connectivity index (χ3n) is 3.78. The van der Waals surface area contributed by atoms with Crippen molar-refractivity contribution in [2.24, 2.45) is 5.92 Å². The van der Waals surface area contributed by atoms with E-state index in [0.717, 1.165) is 0 Å². The lowest BCUT2D eigenvalue weighted by molar-refractivity contribution is -0.126. The minimum Gasteiger partial charge on any atom is -0.345 e. The van der Waals surface area contributed by atoms with Gasteiger partial charge in [0.2, 0.25) is 15.9 Å². The molecule has 0 aliphatic carbocycles. The first-order chi connectivity index (χ1) is 10.3. The third-order valence-corrected chi connectivity index (χ3v) is 5.20. The normalized spacial score (nSPS) is 19.2. The zero-order valence-electron chi connectivity index (χ0n) is 11.9. The van der Waals surface area contributed by atoms with Gasteiger partial charge in [0.15, 0.2) is 0 Å². The molecule has 1 aliphatic rings. The number of H-pyrrole nitrogens is 2. The number of sulfonamides is 1. The number of aromatic amines is 2. The van der Waals surface area contributed by atoms with Crippen molar-refractivity contribution < 1.29 is 13.2 Å². The second-order valence-corrected chi connectivity index (χ2v) is 7.25. The van der Waals surface area contributed by atoms with Crippen LogP contribution in [-0.4, -0.2) is 49.3 Å². The number of hydrogen-bond acceptors (Lipinski definition) is 4. The van der Waals surface area contributed by atoms with Gasteiger partial charge in [-0.2, -0.15) is 0 Å². The molecule has 118 valence electrons. The highest BCUT2D eigenvalue weighted by molar-refractivity contribution is 7.89. The van der Waals surface area contributed by atoms with Crippen molar-refractivity contribution in [1.29, 1.82) is 0 Å². The average Bonchev–Trinajstić information content (AvgIpc) is 2.98. The summed E-state index contributed by atoms with van der Waals surface area (Å²) >= 11 is 0. The van der Waals surface area contributed by atoms with Gasteiger partial charge in [0.05, 0.1) is 15.9 Å². The van der Waals surface area contributed by atoms with Crippen LogP contribution >= 0.6 is 0 Å². The SMILES string of the molecule is CN1CC(CNS(=O)(=O)c2ccc3[nH]c(=O)[nH]c3c2)CC1=O. The lowest BCUT2D eigenvalue weighted by Gasteiger charge is -2.12. The summed E-state index contributed by atoms with van der Waals surface area (Å²) in [6, 6.07) is 4.37. The molecule has 2 aromatic rings. The summed E-state index contributed by atoms with van der Waals surface area (Å²) in [4.78, 5) is 29.4. The first-order valence-corrected chi connectivity index (χ1v) is 8.29. The molecule has 1 unspecified atom stereocenters. The highest BCUT2D eigenvalue weighted by Crippen LogP contribution is 2.18. The third kappa shape index (κ3) is 2.77. The Kier molecular flexibility index (Phi) is 3.53. The van der Waals surface area contributed by atoms with E-state index in [9.17, 15) is 18.0 Å². The van der Waals surface area contributed by atoms with E-state index in [2.05, 4.69) is 14.7 Å². The number of nitrogens with zero attached hydrogens (tertiary/aromatic N) is 1. The summed E-state index contributed by atoms with van der Waals surface area (Å²) in [5, 5.41) is 0. The molecule has 1 aromatic carbocycles. The molecular weight excluding hydrogens is 308 g/mol. The Morgan fingerprint density at radius 2 is 2.00 bits per heavy atom. The number of carbonyl (C=O) groups excluding carboxylic acids is 1. The fourth-order valence-corrected chi connectivity index (χ4v) is 3.72. The Morgan fingerprint density at radius 1 is 1.27 bits per heavy atom. The maximum absolute atomic E-state index is 12.3. The van der Waals surface area contributed by atoms with Crippen molar-refractivity contribution in [2.45, 2.75) is 11.3 Å². The maximum Gasteiger partial charge on any atom is 0.323 e. The van der Waals surface area contributed by atoms with Crippen molar-refractivity contribution in [1.82, 2.24) is 19.6 Å². The number of hydrogen-bond donors (Lipinski definition) is 3. The van der Waals surface area contributed by atoms with Crippen LogP contribution < -0.4 is 10.4 Å². The van der Waals surface area contributed by atoms with Crippen LogP contribution in [0.15, 0.2) is 27.9 Å². The molecule has 22 heavy (non-hydrogen) atoms. The molecular formula is C13H16N4O4S. The molecule has 9 heteroatoms. The van der Waals surface area contributed by atoms with E-state index >= 15 is 0 Å². The predicted octanol–water partition coefficient (Wildman–Crippen LogP) is -0.387. The molecule has 0 bridgehead atoms. The molecule has 1 amide bonds. The largest absolute Gasteiger partial charge is 0.345 e. The van der Waals surface area contributed by atoms with Gasteiger partial charge in [0.25, 0.3) is 0 Å². The number of fused-ring (bicyclic) bond motifs is 1. The fourth-order valence-electron chi connectivity index (χ4n) is 2.58. The van der Waals surface area contributed by atoms with Crippen LogP contribution in [0.2, 0.25) is 0 Å². The molecule has 0 saturated carbocycles. The smallest absolute Gasteiger partial charge is 0.323 e. The van der Waals surface area contributed by atoms with E-state index in [1.807, 2.05) is 0 Å². The number of aromatic nitrogens is 2. The molecule has 0 spiro atoms. The van der Waals surface area contributed by atoms with E-state index in [1.54, 1.807) is 11.9 Å². The van der Waals surface area contributed by atoms with Crippen molar-refractivity contribution in [3.63, 3.8) is 0 Å². The van der Waals surface area contributed by atoms with Crippen molar-refractivity contribution in [2.75, 3.05) is 20.1 Å². The number of imidazole rings is 1. The number of carbonyl (C=O) groups is 1. The summed E-state index contributed by atoms with van der Waals surface area (Å²) < 4.78 is 27.1. The molecule has 1 saturated heterocycles. The summed E-state index contributed by atoms with van der Waals surface area (Å²) in [6.45, 7) is 0.756. The lowest BCUT2D eigenvalue weighted by atomic mass is 10.1. The van der Waals surface area contributed by atoms with Gasteiger partial charge in [0, 0.05) is 26.6 Å². The van der Waals surface area contributed by atoms with E-state index in [1.165, 1.54) is 18.2 Å². The molecule has 0 radical (unpaired) electrons. The Bertz CT molecular complexity index is 883. The van der Waals surface area contributed by atoms with Crippen LogP contribution in [0.25, 0.3) is 11.0 Å². The van der Waals surface area contributed by atoms with Gasteiger partial charge in [-0.25, -0.2) is 17.9 Å². The first-order valence-electron chi connectivity index (χ1n) is 6.81. The van der Waals surface area contributed by atoms with Gasteiger partial charge in [-0.15, -0.1) is 0 Å².